The van der Waals surface area contributed by atoms with Crippen LogP contribution in [0.1, 0.15) is 32.1 Å². The summed E-state index contributed by atoms with van der Waals surface area (Å²) >= 11 is 3.13. The van der Waals surface area contributed by atoms with Crippen molar-refractivity contribution in [1.29, 1.82) is 0 Å². The quantitative estimate of drug-likeness (QED) is 0.541. The molecule has 0 N–H and O–H groups in total. The molecule has 0 aliphatic heterocycles. The topological polar surface area (TPSA) is 0 Å². The van der Waals surface area contributed by atoms with Gasteiger partial charge < -0.3 is 0 Å². The fraction of sp³-hybridized carbons (Fsp3) is 0.750. The average molecular weight is 315 g/mol. The van der Waals surface area contributed by atoms with Crippen LogP contribution < -0.4 is 0 Å². The van der Waals surface area contributed by atoms with Crippen molar-refractivity contribution in [1.82, 2.24) is 0 Å². The van der Waals surface area contributed by atoms with Crippen LogP contribution in [0.25, 0.3) is 0 Å². The molecular weight excluding hydrogens is 302 g/mol. The van der Waals surface area contributed by atoms with Crippen molar-refractivity contribution in [3.8, 4) is 0 Å². The molecule has 0 aromatic rings. The Balaban J connectivity index is 2.13. The third kappa shape index (κ3) is 3.40. The van der Waals surface area contributed by atoms with Crippen molar-refractivity contribution in [3.63, 3.8) is 0 Å². The maximum atomic E-state index is 2.36. The molecule has 2 heteroatoms. The van der Waals surface area contributed by atoms with Crippen molar-refractivity contribution in [2.24, 2.45) is 0 Å². The Bertz CT molecular complexity index is 106. The van der Waals surface area contributed by atoms with Gasteiger partial charge in [-0.05, 0) is 0 Å². The van der Waals surface area contributed by atoms with E-state index in [1.807, 2.05) is 0 Å². The predicted molar refractivity (Wildman–Crippen MR) is 55.7 cm³/mol. The predicted octanol–water partition coefficient (Wildman–Crippen LogP) is 3.35. The molecule has 10 heavy (non-hydrogen) atoms. The van der Waals surface area contributed by atoms with Crippen LogP contribution in [0.3, 0.4) is 0 Å². The molecule has 0 nitrogen and oxygen atoms in total. The van der Waals surface area contributed by atoms with Crippen LogP contribution in [0.4, 0.5) is 0 Å². The van der Waals surface area contributed by atoms with Gasteiger partial charge in [-0.3, -0.25) is 0 Å². The van der Waals surface area contributed by atoms with Crippen LogP contribution in [0.15, 0.2) is 9.06 Å². The van der Waals surface area contributed by atoms with Crippen LogP contribution in [0.5, 0.6) is 0 Å². The van der Waals surface area contributed by atoms with E-state index in [0.717, 1.165) is 19.8 Å². The molecule has 1 fully saturated rings. The van der Waals surface area contributed by atoms with Crippen molar-refractivity contribution in [2.75, 3.05) is 0 Å². The molecule has 0 bridgehead atoms. The zero-order valence-corrected chi connectivity index (χ0v) is 9.92. The van der Waals surface area contributed by atoms with E-state index in [1.54, 1.807) is 0 Å². The number of halogens is 1. The molecule has 0 amide bonds. The van der Waals surface area contributed by atoms with Crippen molar-refractivity contribution >= 4 is 37.5 Å². The molecule has 0 saturated heterocycles. The maximum absolute atomic E-state index is 2.36. The number of rotatable bonds is 2. The van der Waals surface area contributed by atoms with Crippen LogP contribution >= 0.6 is 22.6 Å². The fourth-order valence-corrected chi connectivity index (χ4v) is 4.08. The molecule has 0 aromatic heterocycles. The van der Waals surface area contributed by atoms with Gasteiger partial charge in [0.2, 0.25) is 0 Å². The molecule has 0 unspecified atom stereocenters. The summed E-state index contributed by atoms with van der Waals surface area (Å²) in [6, 6.07) is 0. The van der Waals surface area contributed by atoms with E-state index in [-0.39, 0.29) is 0 Å². The molecule has 1 aliphatic carbocycles. The fourth-order valence-electron chi connectivity index (χ4n) is 1.34. The Morgan fingerprint density at radius 1 is 1.20 bits per heavy atom. The molecule has 0 spiro atoms. The van der Waals surface area contributed by atoms with E-state index >= 15 is 0 Å². The molecular formula is C8H13ISe. The zero-order valence-electron chi connectivity index (χ0n) is 6.05. The van der Waals surface area contributed by atoms with Gasteiger partial charge in [0.1, 0.15) is 0 Å². The molecule has 0 heterocycles. The molecule has 0 radical (unpaired) electrons. The summed E-state index contributed by atoms with van der Waals surface area (Å²) in [6.45, 7) is 0. The SMILES string of the molecule is I/C=C/[Se]C1CCCCC1. The molecule has 1 rings (SSSR count). The van der Waals surface area contributed by atoms with E-state index in [1.165, 1.54) is 32.1 Å². The third-order valence-electron chi connectivity index (χ3n) is 1.87. The Hall–Kier alpha value is 0.989. The molecule has 58 valence electrons. The Labute approximate surface area is 83.1 Å². The summed E-state index contributed by atoms with van der Waals surface area (Å²) in [5.41, 5.74) is 0. The van der Waals surface area contributed by atoms with Crippen LogP contribution in [-0.2, 0) is 0 Å². The molecule has 0 aromatic carbocycles. The van der Waals surface area contributed by atoms with E-state index < -0.39 is 0 Å². The van der Waals surface area contributed by atoms with Crippen molar-refractivity contribution in [3.05, 3.63) is 9.06 Å². The van der Waals surface area contributed by atoms with Gasteiger partial charge in [-0.15, -0.1) is 0 Å². The second-order valence-corrected chi connectivity index (χ2v) is 5.92. The Kier molecular flexibility index (Phi) is 5.10. The van der Waals surface area contributed by atoms with Crippen LogP contribution in [0.2, 0.25) is 4.82 Å². The Morgan fingerprint density at radius 2 is 1.90 bits per heavy atom. The Morgan fingerprint density at radius 3 is 2.50 bits per heavy atom. The summed E-state index contributed by atoms with van der Waals surface area (Å²) in [7, 11) is 0. The van der Waals surface area contributed by atoms with Gasteiger partial charge in [-0.2, -0.15) is 0 Å². The molecule has 1 aliphatic rings. The molecule has 0 atom stereocenters. The second-order valence-electron chi connectivity index (χ2n) is 2.66. The minimum atomic E-state index is 0.807. The van der Waals surface area contributed by atoms with Gasteiger partial charge in [0.15, 0.2) is 0 Å². The van der Waals surface area contributed by atoms with Gasteiger partial charge in [-0.25, -0.2) is 0 Å². The first-order chi connectivity index (χ1) is 4.93. The molecule has 1 saturated carbocycles. The van der Waals surface area contributed by atoms with E-state index in [4.69, 9.17) is 0 Å². The first-order valence-electron chi connectivity index (χ1n) is 3.84. The van der Waals surface area contributed by atoms with Gasteiger partial charge in [0, 0.05) is 0 Å². The second kappa shape index (κ2) is 5.62. The van der Waals surface area contributed by atoms with E-state index in [2.05, 4.69) is 31.6 Å². The zero-order chi connectivity index (χ0) is 7.23. The summed E-state index contributed by atoms with van der Waals surface area (Å²) in [4.78, 5) is 3.44. The average Bonchev–Trinajstić information content (AvgIpc) is 2.03. The number of hydrogen-bond donors (Lipinski definition) is 0. The number of hydrogen-bond acceptors (Lipinski definition) is 0. The van der Waals surface area contributed by atoms with Gasteiger partial charge in [-0.1, -0.05) is 0 Å². The van der Waals surface area contributed by atoms with Crippen molar-refractivity contribution < 1.29 is 0 Å². The summed E-state index contributed by atoms with van der Waals surface area (Å²) in [5, 5.41) is 0. The summed E-state index contributed by atoms with van der Waals surface area (Å²) in [5.74, 6) is 0. The standard InChI is InChI=1S/C8H13ISe/c9-6-7-10-8-4-2-1-3-5-8/h6-8H,1-5H2/b7-6+. The van der Waals surface area contributed by atoms with E-state index in [9.17, 15) is 0 Å². The first kappa shape index (κ1) is 9.08. The van der Waals surface area contributed by atoms with Gasteiger partial charge in [0.25, 0.3) is 0 Å². The third-order valence-corrected chi connectivity index (χ3v) is 5.74. The van der Waals surface area contributed by atoms with Crippen LogP contribution in [0, 0.1) is 0 Å². The summed E-state index contributed by atoms with van der Waals surface area (Å²) in [6.07, 6.45) is 7.46. The normalized spacial score (nSPS) is 22.1. The van der Waals surface area contributed by atoms with Gasteiger partial charge in [0.05, 0.1) is 0 Å². The van der Waals surface area contributed by atoms with Crippen LogP contribution in [-0.4, -0.2) is 15.0 Å². The van der Waals surface area contributed by atoms with E-state index in [0.29, 0.717) is 0 Å². The van der Waals surface area contributed by atoms with Gasteiger partial charge >= 0.3 is 83.5 Å². The monoisotopic (exact) mass is 316 g/mol. The minimum absolute atomic E-state index is 0.807. The summed E-state index contributed by atoms with van der Waals surface area (Å²) < 4.78 is 2.17. The first-order valence-corrected chi connectivity index (χ1v) is 7.06. The van der Waals surface area contributed by atoms with Crippen molar-refractivity contribution in [2.45, 2.75) is 36.9 Å².